The van der Waals surface area contributed by atoms with E-state index in [1.807, 2.05) is 13.8 Å². The average molecular weight is 159 g/mol. The second kappa shape index (κ2) is 2.76. The van der Waals surface area contributed by atoms with Crippen molar-refractivity contribution in [2.24, 2.45) is 17.2 Å². The van der Waals surface area contributed by atoms with Gasteiger partial charge in [-0.05, 0) is 23.6 Å². The Morgan fingerprint density at radius 3 is 2.55 bits per heavy atom. The third-order valence-corrected chi connectivity index (χ3v) is 2.81. The Hall–Kier alpha value is -0.0800. The number of aliphatic hydroxyl groups excluding tert-OH is 2. The first-order valence-electron chi connectivity index (χ1n) is 4.60. The van der Waals surface area contributed by atoms with Crippen molar-refractivity contribution in [1.82, 2.24) is 0 Å². The molecule has 1 saturated carbocycles. The number of hydrogen-bond donors (Lipinski definition) is 2. The van der Waals surface area contributed by atoms with E-state index in [1.54, 1.807) is 6.92 Å². The minimum Gasteiger partial charge on any atom is -0.396 e. The molecule has 2 nitrogen and oxygen atoms in total. The molecule has 1 aliphatic carbocycles. The summed E-state index contributed by atoms with van der Waals surface area (Å²) < 4.78 is 7.73. The lowest BCUT2D eigenvalue weighted by Gasteiger charge is -2.50. The highest BCUT2D eigenvalue weighted by atomic mass is 16.3. The summed E-state index contributed by atoms with van der Waals surface area (Å²) in [5.41, 5.74) is -0.0673. The first-order chi connectivity index (χ1) is 5.31. The van der Waals surface area contributed by atoms with Gasteiger partial charge in [0.1, 0.15) is 0 Å². The van der Waals surface area contributed by atoms with Gasteiger partial charge in [-0.15, -0.1) is 0 Å². The molecular weight excluding hydrogens is 140 g/mol. The average Bonchev–Trinajstić information content (AvgIpc) is 2.00. The normalized spacial score (nSPS) is 42.1. The van der Waals surface area contributed by atoms with E-state index in [2.05, 4.69) is 0 Å². The summed E-state index contributed by atoms with van der Waals surface area (Å²) in [6.45, 7) is 5.48. The summed E-state index contributed by atoms with van der Waals surface area (Å²) in [6, 6.07) is 0. The number of rotatable bonds is 2. The predicted octanol–water partition coefficient (Wildman–Crippen LogP) is 1.02. The van der Waals surface area contributed by atoms with Gasteiger partial charge in [-0.25, -0.2) is 0 Å². The second-order valence-electron chi connectivity index (χ2n) is 4.25. The van der Waals surface area contributed by atoms with Crippen molar-refractivity contribution in [3.8, 4) is 0 Å². The predicted molar refractivity (Wildman–Crippen MR) is 44.1 cm³/mol. The molecule has 3 atom stereocenters. The van der Waals surface area contributed by atoms with Crippen molar-refractivity contribution in [1.29, 1.82) is 0 Å². The molecule has 0 aliphatic heterocycles. The molecule has 2 N–H and O–H groups in total. The monoisotopic (exact) mass is 159 g/mol. The minimum atomic E-state index is -0.880. The molecule has 66 valence electrons. The Kier molecular flexibility index (Phi) is 1.90. The molecule has 1 rings (SSSR count). The van der Waals surface area contributed by atoms with Crippen molar-refractivity contribution >= 4 is 0 Å². The summed E-state index contributed by atoms with van der Waals surface area (Å²) in [6.07, 6.45) is 0.390. The van der Waals surface area contributed by atoms with Gasteiger partial charge in [0.2, 0.25) is 0 Å². The van der Waals surface area contributed by atoms with E-state index in [4.69, 9.17) is 6.48 Å². The second-order valence-corrected chi connectivity index (χ2v) is 4.25. The van der Waals surface area contributed by atoms with Gasteiger partial charge in [0.15, 0.2) is 0 Å². The van der Waals surface area contributed by atoms with E-state index < -0.39 is 12.0 Å². The molecule has 0 radical (unpaired) electrons. The van der Waals surface area contributed by atoms with Crippen molar-refractivity contribution < 1.29 is 11.6 Å². The Morgan fingerprint density at radius 1 is 1.73 bits per heavy atom. The summed E-state index contributed by atoms with van der Waals surface area (Å²) in [5, 5.41) is 18.6. The Balaban J connectivity index is 2.61. The van der Waals surface area contributed by atoms with Crippen LogP contribution in [0.4, 0.5) is 0 Å². The molecule has 0 unspecified atom stereocenters. The smallest absolute Gasteiger partial charge is 0.0623 e. The maximum atomic E-state index is 9.67. The van der Waals surface area contributed by atoms with Crippen molar-refractivity contribution in [2.45, 2.75) is 33.3 Å². The van der Waals surface area contributed by atoms with Crippen LogP contribution in [0.15, 0.2) is 0 Å². The van der Waals surface area contributed by atoms with Crippen molar-refractivity contribution in [3.05, 3.63) is 0 Å². The molecule has 11 heavy (non-hydrogen) atoms. The molecule has 0 heterocycles. The quantitative estimate of drug-likeness (QED) is 0.631. The van der Waals surface area contributed by atoms with E-state index >= 15 is 0 Å². The lowest BCUT2D eigenvalue weighted by molar-refractivity contribution is -0.125. The van der Waals surface area contributed by atoms with Crippen molar-refractivity contribution in [3.63, 3.8) is 0 Å². The van der Waals surface area contributed by atoms with Gasteiger partial charge >= 0.3 is 0 Å². The van der Waals surface area contributed by atoms with Crippen LogP contribution in [0.2, 0.25) is 0 Å². The zero-order valence-corrected chi connectivity index (χ0v) is 7.46. The third-order valence-electron chi connectivity index (χ3n) is 2.81. The van der Waals surface area contributed by atoms with Crippen LogP contribution < -0.4 is 0 Å². The van der Waals surface area contributed by atoms with Crippen LogP contribution in [-0.4, -0.2) is 22.9 Å². The van der Waals surface area contributed by atoms with Crippen LogP contribution in [-0.2, 0) is 0 Å². The maximum absolute atomic E-state index is 9.67. The summed E-state index contributed by atoms with van der Waals surface area (Å²) in [7, 11) is 0. The number of hydrogen-bond acceptors (Lipinski definition) is 2. The van der Waals surface area contributed by atoms with Crippen LogP contribution in [0.3, 0.4) is 0 Å². The van der Waals surface area contributed by atoms with Crippen molar-refractivity contribution in [2.75, 3.05) is 6.61 Å². The standard InChI is InChI=1S/C9H18O2/c1-6(5-10)7-4-9(2,3)8(7)11/h6-8,10-11H,4-5H2,1-3H3/t6-,7+,8+/m1/s1/i6D. The van der Waals surface area contributed by atoms with Gasteiger partial charge in [0.25, 0.3) is 0 Å². The van der Waals surface area contributed by atoms with E-state index in [-0.39, 0.29) is 17.9 Å². The first-order valence-corrected chi connectivity index (χ1v) is 4.10. The van der Waals surface area contributed by atoms with Gasteiger partial charge in [0, 0.05) is 7.98 Å². The Bertz CT molecular complexity index is 177. The SMILES string of the molecule is [2H][C@@](C)(CO)[C@@H]1CC(C)(C)[C@H]1O. The van der Waals surface area contributed by atoms with Gasteiger partial charge in [-0.2, -0.15) is 0 Å². The lowest BCUT2D eigenvalue weighted by atomic mass is 9.58. The van der Waals surface area contributed by atoms with Gasteiger partial charge in [0.05, 0.1) is 6.10 Å². The molecule has 0 saturated heterocycles. The van der Waals surface area contributed by atoms with E-state index in [9.17, 15) is 5.11 Å². The van der Waals surface area contributed by atoms with Crippen LogP contribution >= 0.6 is 0 Å². The highest BCUT2D eigenvalue weighted by molar-refractivity contribution is 4.97. The Morgan fingerprint density at radius 2 is 2.27 bits per heavy atom. The zero-order valence-electron chi connectivity index (χ0n) is 8.46. The molecule has 1 aliphatic rings. The fourth-order valence-electron chi connectivity index (χ4n) is 1.74. The molecule has 0 amide bonds. The summed E-state index contributed by atoms with van der Waals surface area (Å²) in [4.78, 5) is 0. The number of aliphatic hydroxyl groups is 2. The van der Waals surface area contributed by atoms with E-state index in [0.717, 1.165) is 6.42 Å². The highest BCUT2D eigenvalue weighted by Crippen LogP contribution is 2.48. The maximum Gasteiger partial charge on any atom is 0.0623 e. The molecule has 0 aromatic heterocycles. The van der Waals surface area contributed by atoms with Crippen LogP contribution in [0.1, 0.15) is 28.6 Å². The third kappa shape index (κ3) is 1.42. The Labute approximate surface area is 69.6 Å². The molecule has 1 fully saturated rings. The van der Waals surface area contributed by atoms with E-state index in [1.165, 1.54) is 0 Å². The minimum absolute atomic E-state index is 0.0673. The highest BCUT2D eigenvalue weighted by Gasteiger charge is 2.47. The van der Waals surface area contributed by atoms with Gasteiger partial charge < -0.3 is 10.2 Å². The molecule has 0 aromatic carbocycles. The molecule has 2 heteroatoms. The summed E-state index contributed by atoms with van der Waals surface area (Å²) >= 11 is 0. The molecular formula is C9H18O2. The molecule has 0 spiro atoms. The summed E-state index contributed by atoms with van der Waals surface area (Å²) in [5.74, 6) is -0.952. The first kappa shape index (κ1) is 7.56. The van der Waals surface area contributed by atoms with Crippen LogP contribution in [0.5, 0.6) is 0 Å². The van der Waals surface area contributed by atoms with Gasteiger partial charge in [-0.1, -0.05) is 20.8 Å². The van der Waals surface area contributed by atoms with E-state index in [0.29, 0.717) is 0 Å². The lowest BCUT2D eigenvalue weighted by Crippen LogP contribution is -2.51. The largest absolute Gasteiger partial charge is 0.396 e. The van der Waals surface area contributed by atoms with Gasteiger partial charge in [-0.3, -0.25) is 0 Å². The fraction of sp³-hybridized carbons (Fsp3) is 1.00. The topological polar surface area (TPSA) is 40.5 Å². The molecule has 0 aromatic rings. The van der Waals surface area contributed by atoms with Crippen LogP contribution in [0, 0.1) is 17.2 Å². The zero-order chi connectivity index (χ0) is 9.57. The molecule has 0 bridgehead atoms. The fourth-order valence-corrected chi connectivity index (χ4v) is 1.74. The van der Waals surface area contributed by atoms with Crippen LogP contribution in [0.25, 0.3) is 0 Å².